The number of hydrazone groups is 1. The number of amides is 1. The van der Waals surface area contributed by atoms with E-state index in [2.05, 4.69) is 10.5 Å². The summed E-state index contributed by atoms with van der Waals surface area (Å²) in [6, 6.07) is 17.4. The number of nitrogens with one attached hydrogen (secondary N) is 1. The van der Waals surface area contributed by atoms with Gasteiger partial charge in [-0.2, -0.15) is 5.10 Å². The fraction of sp³-hybridized carbons (Fsp3) is 0.125. The maximum atomic E-state index is 12.1. The number of carboxylic acids is 1. The smallest absolute Gasteiger partial charge is 0.335 e. The molecular formula is C24H21N3O7. The summed E-state index contributed by atoms with van der Waals surface area (Å²) in [7, 11) is 1.49. The van der Waals surface area contributed by atoms with Crippen molar-refractivity contribution in [3.05, 3.63) is 99.1 Å². The highest BCUT2D eigenvalue weighted by Gasteiger charge is 2.15. The van der Waals surface area contributed by atoms with Crippen LogP contribution in [0.25, 0.3) is 0 Å². The zero-order valence-electron chi connectivity index (χ0n) is 18.1. The van der Waals surface area contributed by atoms with Crippen LogP contribution in [-0.4, -0.2) is 35.2 Å². The van der Waals surface area contributed by atoms with Crippen molar-refractivity contribution in [1.82, 2.24) is 5.43 Å². The lowest BCUT2D eigenvalue weighted by molar-refractivity contribution is -0.385. The average Bonchev–Trinajstić information content (AvgIpc) is 2.83. The molecule has 0 saturated heterocycles. The molecule has 0 heterocycles. The Morgan fingerprint density at radius 2 is 1.82 bits per heavy atom. The number of ether oxygens (including phenoxy) is 2. The zero-order chi connectivity index (χ0) is 24.5. The van der Waals surface area contributed by atoms with Gasteiger partial charge in [-0.15, -0.1) is 0 Å². The standard InChI is InChI=1S/C24H21N3O7/c1-33-22-12-17(8-11-21(22)34-15-16-6-9-18(10-7-16)24(29)30)14-25-26-23(28)13-19-4-2-3-5-20(19)27(31)32/h2-12,14H,13,15H2,1H3,(H,26,28)(H,29,30). The van der Waals surface area contributed by atoms with Gasteiger partial charge in [-0.05, 0) is 41.5 Å². The molecule has 1 amide bonds. The quantitative estimate of drug-likeness (QED) is 0.266. The van der Waals surface area contributed by atoms with E-state index in [1.165, 1.54) is 43.7 Å². The van der Waals surface area contributed by atoms with Gasteiger partial charge in [0.2, 0.25) is 5.91 Å². The van der Waals surface area contributed by atoms with E-state index in [1.807, 2.05) is 0 Å². The fourth-order valence-electron chi connectivity index (χ4n) is 3.02. The third-order valence-corrected chi connectivity index (χ3v) is 4.73. The van der Waals surface area contributed by atoms with Gasteiger partial charge in [0.15, 0.2) is 11.5 Å². The van der Waals surface area contributed by atoms with Gasteiger partial charge >= 0.3 is 5.97 Å². The van der Waals surface area contributed by atoms with Crippen LogP contribution in [0.3, 0.4) is 0 Å². The summed E-state index contributed by atoms with van der Waals surface area (Å²) in [5, 5.41) is 23.9. The SMILES string of the molecule is COc1cc(C=NNC(=O)Cc2ccccc2[N+](=O)[O-])ccc1OCc1ccc(C(=O)O)cc1. The number of nitrogens with zero attached hydrogens (tertiary/aromatic N) is 2. The largest absolute Gasteiger partial charge is 0.493 e. The lowest BCUT2D eigenvalue weighted by Gasteiger charge is -2.11. The van der Waals surface area contributed by atoms with Gasteiger partial charge < -0.3 is 14.6 Å². The molecule has 0 aliphatic rings. The second kappa shape index (κ2) is 11.2. The summed E-state index contributed by atoms with van der Waals surface area (Å²) in [6.07, 6.45) is 1.23. The van der Waals surface area contributed by atoms with Crippen molar-refractivity contribution in [3.8, 4) is 11.5 Å². The summed E-state index contributed by atoms with van der Waals surface area (Å²) in [4.78, 5) is 33.6. The number of aromatic carboxylic acids is 1. The number of carbonyl (C=O) groups is 2. The van der Waals surface area contributed by atoms with Gasteiger partial charge in [-0.3, -0.25) is 14.9 Å². The number of benzene rings is 3. The average molecular weight is 463 g/mol. The van der Waals surface area contributed by atoms with Gasteiger partial charge in [0, 0.05) is 11.6 Å². The number of rotatable bonds is 10. The Kier molecular flexibility index (Phi) is 7.90. The van der Waals surface area contributed by atoms with Gasteiger partial charge in [0.25, 0.3) is 5.69 Å². The van der Waals surface area contributed by atoms with Crippen LogP contribution in [-0.2, 0) is 17.8 Å². The minimum atomic E-state index is -0.996. The van der Waals surface area contributed by atoms with Gasteiger partial charge in [0.1, 0.15) is 6.61 Å². The second-order valence-corrected chi connectivity index (χ2v) is 7.06. The second-order valence-electron chi connectivity index (χ2n) is 7.06. The molecule has 10 heteroatoms. The minimum Gasteiger partial charge on any atom is -0.493 e. The Balaban J connectivity index is 1.59. The highest BCUT2D eigenvalue weighted by atomic mass is 16.6. The minimum absolute atomic E-state index is 0.125. The molecular weight excluding hydrogens is 442 g/mol. The first-order valence-corrected chi connectivity index (χ1v) is 10.0. The molecule has 3 aromatic carbocycles. The van der Waals surface area contributed by atoms with Crippen LogP contribution in [0.2, 0.25) is 0 Å². The number of para-hydroxylation sites is 1. The number of carbonyl (C=O) groups excluding carboxylic acids is 1. The molecule has 0 radical (unpaired) electrons. The predicted octanol–water partition coefficient (Wildman–Crippen LogP) is 3.57. The molecule has 0 aromatic heterocycles. The lowest BCUT2D eigenvalue weighted by Crippen LogP contribution is -2.20. The van der Waals surface area contributed by atoms with Crippen LogP contribution in [0.1, 0.15) is 27.0 Å². The molecule has 0 aliphatic carbocycles. The number of carboxylic acid groups (broad SMARTS) is 1. The van der Waals surface area contributed by atoms with E-state index in [1.54, 1.807) is 36.4 Å². The number of nitro groups is 1. The summed E-state index contributed by atoms with van der Waals surface area (Å²) < 4.78 is 11.1. The highest BCUT2D eigenvalue weighted by Crippen LogP contribution is 2.28. The molecule has 0 atom stereocenters. The summed E-state index contributed by atoms with van der Waals surface area (Å²) >= 11 is 0. The third kappa shape index (κ3) is 6.39. The van der Waals surface area contributed by atoms with Gasteiger partial charge in [-0.25, -0.2) is 10.2 Å². The Morgan fingerprint density at radius 3 is 2.50 bits per heavy atom. The molecule has 0 saturated carbocycles. The Hall–Kier alpha value is -4.73. The van der Waals surface area contributed by atoms with Crippen molar-refractivity contribution in [1.29, 1.82) is 0 Å². The topological polar surface area (TPSA) is 140 Å². The van der Waals surface area contributed by atoms with E-state index in [0.29, 0.717) is 22.6 Å². The Bertz CT molecular complexity index is 1220. The van der Waals surface area contributed by atoms with Crippen LogP contribution in [0.15, 0.2) is 71.8 Å². The first kappa shape index (κ1) is 23.9. The molecule has 0 unspecified atom stereocenters. The Morgan fingerprint density at radius 1 is 1.09 bits per heavy atom. The molecule has 34 heavy (non-hydrogen) atoms. The molecule has 0 aliphatic heterocycles. The van der Waals surface area contributed by atoms with E-state index < -0.39 is 16.8 Å². The van der Waals surface area contributed by atoms with E-state index in [0.717, 1.165) is 5.56 Å². The summed E-state index contributed by atoms with van der Waals surface area (Å²) in [5.74, 6) is -0.574. The van der Waals surface area contributed by atoms with E-state index in [-0.39, 0.29) is 24.3 Å². The Labute approximate surface area is 194 Å². The van der Waals surface area contributed by atoms with Crippen molar-refractivity contribution >= 4 is 23.8 Å². The van der Waals surface area contributed by atoms with Crippen molar-refractivity contribution in [2.45, 2.75) is 13.0 Å². The molecule has 3 aromatic rings. The van der Waals surface area contributed by atoms with Crippen LogP contribution < -0.4 is 14.9 Å². The first-order valence-electron chi connectivity index (χ1n) is 10.0. The van der Waals surface area contributed by atoms with E-state index >= 15 is 0 Å². The van der Waals surface area contributed by atoms with Crippen LogP contribution in [0.4, 0.5) is 5.69 Å². The number of hydrogen-bond donors (Lipinski definition) is 2. The fourth-order valence-corrected chi connectivity index (χ4v) is 3.02. The van der Waals surface area contributed by atoms with Crippen molar-refractivity contribution in [2.24, 2.45) is 5.10 Å². The first-order chi connectivity index (χ1) is 16.4. The lowest BCUT2D eigenvalue weighted by atomic mass is 10.1. The molecule has 3 rings (SSSR count). The molecule has 10 nitrogen and oxygen atoms in total. The monoisotopic (exact) mass is 463 g/mol. The predicted molar refractivity (Wildman–Crippen MR) is 123 cm³/mol. The van der Waals surface area contributed by atoms with Crippen LogP contribution in [0.5, 0.6) is 11.5 Å². The van der Waals surface area contributed by atoms with E-state index in [4.69, 9.17) is 14.6 Å². The maximum absolute atomic E-state index is 12.1. The van der Waals surface area contributed by atoms with Gasteiger partial charge in [-0.1, -0.05) is 30.3 Å². The van der Waals surface area contributed by atoms with Crippen molar-refractivity contribution < 1.29 is 29.1 Å². The summed E-state index contributed by atoms with van der Waals surface area (Å²) in [5.41, 5.74) is 4.13. The number of methoxy groups -OCH3 is 1. The highest BCUT2D eigenvalue weighted by molar-refractivity contribution is 5.87. The van der Waals surface area contributed by atoms with E-state index in [9.17, 15) is 19.7 Å². The molecule has 0 bridgehead atoms. The molecule has 0 spiro atoms. The van der Waals surface area contributed by atoms with Gasteiger partial charge in [0.05, 0.1) is 30.2 Å². The normalized spacial score (nSPS) is 10.6. The van der Waals surface area contributed by atoms with Crippen molar-refractivity contribution in [3.63, 3.8) is 0 Å². The number of nitro benzene ring substituents is 1. The molecule has 2 N–H and O–H groups in total. The number of hydrogen-bond acceptors (Lipinski definition) is 7. The van der Waals surface area contributed by atoms with Crippen LogP contribution >= 0.6 is 0 Å². The van der Waals surface area contributed by atoms with Crippen molar-refractivity contribution in [2.75, 3.05) is 7.11 Å². The summed E-state index contributed by atoms with van der Waals surface area (Å²) in [6.45, 7) is 0.214. The molecule has 0 fully saturated rings. The maximum Gasteiger partial charge on any atom is 0.335 e. The molecule has 174 valence electrons. The third-order valence-electron chi connectivity index (χ3n) is 4.73. The zero-order valence-corrected chi connectivity index (χ0v) is 18.1. The van der Waals surface area contributed by atoms with Crippen LogP contribution in [0, 0.1) is 10.1 Å².